The number of pyridine rings is 1. The number of aldehydes is 1. The van der Waals surface area contributed by atoms with E-state index >= 15 is 0 Å². The Morgan fingerprint density at radius 3 is 2.29 bits per heavy atom. The van der Waals surface area contributed by atoms with Gasteiger partial charge in [-0.15, -0.1) is 0 Å². The minimum atomic E-state index is -4.81. The van der Waals surface area contributed by atoms with Gasteiger partial charge in [0.15, 0.2) is 17.8 Å². The van der Waals surface area contributed by atoms with Crippen LogP contribution >= 0.6 is 0 Å². The van der Waals surface area contributed by atoms with Crippen molar-refractivity contribution in [2.45, 2.75) is 25.7 Å². The fraction of sp³-hybridized carbons (Fsp3) is 0.233. The number of carbonyl (C=O) groups is 1. The van der Waals surface area contributed by atoms with Crippen LogP contribution in [-0.4, -0.2) is 51.8 Å². The Hall–Kier alpha value is -4.25. The van der Waals surface area contributed by atoms with Gasteiger partial charge in [-0.1, -0.05) is 54.1 Å². The number of halogens is 6. The maximum absolute atomic E-state index is 13.7. The molecule has 11 heteroatoms. The number of nitrogens with zero attached hydrogens (tertiary/aromatic N) is 4. The third-order valence-corrected chi connectivity index (χ3v) is 6.86. The van der Waals surface area contributed by atoms with E-state index in [4.69, 9.17) is 0 Å². The van der Waals surface area contributed by atoms with Crippen molar-refractivity contribution in [1.82, 2.24) is 19.7 Å². The van der Waals surface area contributed by atoms with Crippen molar-refractivity contribution in [2.24, 2.45) is 0 Å². The molecule has 0 amide bonds. The molecule has 0 saturated carbocycles. The molecule has 212 valence electrons. The molecule has 0 bridgehead atoms. The standard InChI is InChI=1S/C30H24F6N4O/c1-19-5-10-24(22-8-6-20(7-9-22)21-11-13-39(14-12-21)18-29(31,32)33)25(15-19)26-3-2-4-27(38-26)40-28(30(34,35)36)23(17-41)16-37-40/h2-11,15-17H,12-14,18H2,1H3. The molecule has 0 aliphatic carbocycles. The predicted molar refractivity (Wildman–Crippen MR) is 142 cm³/mol. The lowest BCUT2D eigenvalue weighted by atomic mass is 9.93. The molecule has 0 radical (unpaired) electrons. The Kier molecular flexibility index (Phi) is 7.56. The van der Waals surface area contributed by atoms with Crippen LogP contribution in [0.4, 0.5) is 26.3 Å². The van der Waals surface area contributed by atoms with Gasteiger partial charge in [-0.05, 0) is 53.8 Å². The van der Waals surface area contributed by atoms with Gasteiger partial charge < -0.3 is 0 Å². The van der Waals surface area contributed by atoms with E-state index in [1.165, 1.54) is 11.0 Å². The third kappa shape index (κ3) is 6.25. The molecule has 0 spiro atoms. The van der Waals surface area contributed by atoms with Gasteiger partial charge in [-0.25, -0.2) is 9.67 Å². The second kappa shape index (κ2) is 11.0. The normalized spacial score (nSPS) is 14.7. The highest BCUT2D eigenvalue weighted by atomic mass is 19.4. The van der Waals surface area contributed by atoms with Crippen molar-refractivity contribution in [1.29, 1.82) is 0 Å². The van der Waals surface area contributed by atoms with Crippen LogP contribution in [0.3, 0.4) is 0 Å². The highest BCUT2D eigenvalue weighted by molar-refractivity contribution is 5.83. The first-order valence-electron chi connectivity index (χ1n) is 12.7. The summed E-state index contributed by atoms with van der Waals surface area (Å²) in [5.74, 6) is -0.0884. The van der Waals surface area contributed by atoms with Crippen LogP contribution in [0.15, 0.2) is 72.9 Å². The number of aryl methyl sites for hydroxylation is 1. The van der Waals surface area contributed by atoms with Crippen molar-refractivity contribution in [2.75, 3.05) is 19.6 Å². The summed E-state index contributed by atoms with van der Waals surface area (Å²) >= 11 is 0. The number of hydrogen-bond acceptors (Lipinski definition) is 4. The Balaban J connectivity index is 1.47. The van der Waals surface area contributed by atoms with Gasteiger partial charge in [0.2, 0.25) is 0 Å². The van der Waals surface area contributed by atoms with Crippen LogP contribution in [0.5, 0.6) is 0 Å². The van der Waals surface area contributed by atoms with E-state index in [1.807, 2.05) is 55.5 Å². The monoisotopic (exact) mass is 570 g/mol. The lowest BCUT2D eigenvalue weighted by Crippen LogP contribution is -2.36. The predicted octanol–water partition coefficient (Wildman–Crippen LogP) is 7.39. The summed E-state index contributed by atoms with van der Waals surface area (Å²) in [6, 6.07) is 18.0. The minimum Gasteiger partial charge on any atom is -0.298 e. The SMILES string of the molecule is Cc1ccc(-c2ccc(C3=CCN(CC(F)(F)F)CC3)cc2)c(-c2cccc(-n3ncc(C=O)c3C(F)(F)F)n2)c1. The molecule has 0 unspecified atom stereocenters. The Bertz CT molecular complexity index is 1600. The van der Waals surface area contributed by atoms with Crippen LogP contribution in [0, 0.1) is 6.92 Å². The Morgan fingerprint density at radius 2 is 1.66 bits per heavy atom. The first kappa shape index (κ1) is 28.3. The quantitative estimate of drug-likeness (QED) is 0.179. The first-order chi connectivity index (χ1) is 19.4. The fourth-order valence-electron chi connectivity index (χ4n) is 4.95. The summed E-state index contributed by atoms with van der Waals surface area (Å²) in [5, 5.41) is 3.77. The number of carbonyl (C=O) groups excluding carboxylic acids is 1. The van der Waals surface area contributed by atoms with Crippen LogP contribution < -0.4 is 0 Å². The van der Waals surface area contributed by atoms with Crippen molar-refractivity contribution in [3.8, 4) is 28.2 Å². The molecule has 1 aliphatic heterocycles. The van der Waals surface area contributed by atoms with Crippen LogP contribution in [0.2, 0.25) is 0 Å². The zero-order valence-electron chi connectivity index (χ0n) is 21.8. The average molecular weight is 571 g/mol. The molecule has 2 aromatic heterocycles. The highest BCUT2D eigenvalue weighted by Crippen LogP contribution is 2.36. The van der Waals surface area contributed by atoms with E-state index < -0.39 is 30.2 Å². The minimum absolute atomic E-state index is 0.0884. The van der Waals surface area contributed by atoms with Gasteiger partial charge in [0.05, 0.1) is 24.0 Å². The molecule has 2 aromatic carbocycles. The molecule has 0 fully saturated rings. The molecular formula is C30H24F6N4O. The van der Waals surface area contributed by atoms with Crippen LogP contribution in [0.1, 0.15) is 33.6 Å². The number of alkyl halides is 6. The number of aromatic nitrogens is 3. The summed E-state index contributed by atoms with van der Waals surface area (Å²) in [7, 11) is 0. The Morgan fingerprint density at radius 1 is 0.927 bits per heavy atom. The van der Waals surface area contributed by atoms with Crippen molar-refractivity contribution in [3.05, 3.63) is 95.3 Å². The molecule has 0 N–H and O–H groups in total. The van der Waals surface area contributed by atoms with Crippen molar-refractivity contribution < 1.29 is 31.1 Å². The fourth-order valence-corrected chi connectivity index (χ4v) is 4.95. The third-order valence-electron chi connectivity index (χ3n) is 6.86. The van der Waals surface area contributed by atoms with E-state index in [0.717, 1.165) is 34.0 Å². The van der Waals surface area contributed by atoms with Gasteiger partial charge in [-0.2, -0.15) is 31.4 Å². The number of hydrogen-bond donors (Lipinski definition) is 0. The summed E-state index contributed by atoms with van der Waals surface area (Å²) in [5.41, 5.74) is 3.77. The lowest BCUT2D eigenvalue weighted by Gasteiger charge is -2.27. The highest BCUT2D eigenvalue weighted by Gasteiger charge is 2.39. The van der Waals surface area contributed by atoms with E-state index in [-0.39, 0.29) is 18.6 Å². The molecule has 5 nitrogen and oxygen atoms in total. The van der Waals surface area contributed by atoms with Gasteiger partial charge >= 0.3 is 12.4 Å². The molecule has 0 atom stereocenters. The topological polar surface area (TPSA) is 51.0 Å². The second-order valence-corrected chi connectivity index (χ2v) is 9.81. The molecule has 0 saturated heterocycles. The lowest BCUT2D eigenvalue weighted by molar-refractivity contribution is -0.145. The zero-order chi connectivity index (χ0) is 29.4. The van der Waals surface area contributed by atoms with Gasteiger partial charge in [0.1, 0.15) is 0 Å². The van der Waals surface area contributed by atoms with Gasteiger partial charge in [0, 0.05) is 18.7 Å². The van der Waals surface area contributed by atoms with Crippen LogP contribution in [-0.2, 0) is 6.18 Å². The van der Waals surface area contributed by atoms with E-state index in [9.17, 15) is 31.1 Å². The molecule has 4 aromatic rings. The Labute approximate surface area is 231 Å². The second-order valence-electron chi connectivity index (χ2n) is 9.81. The number of benzene rings is 2. The summed E-state index contributed by atoms with van der Waals surface area (Å²) in [6.45, 7) is 1.50. The summed E-state index contributed by atoms with van der Waals surface area (Å²) in [6.07, 6.45) is -5.76. The number of rotatable bonds is 6. The summed E-state index contributed by atoms with van der Waals surface area (Å²) in [4.78, 5) is 17.1. The molecular weight excluding hydrogens is 546 g/mol. The van der Waals surface area contributed by atoms with E-state index in [1.54, 1.807) is 12.1 Å². The molecule has 1 aliphatic rings. The first-order valence-corrected chi connectivity index (χ1v) is 12.7. The van der Waals surface area contributed by atoms with Gasteiger partial charge in [0.25, 0.3) is 0 Å². The maximum atomic E-state index is 13.7. The smallest absolute Gasteiger partial charge is 0.298 e. The van der Waals surface area contributed by atoms with Crippen LogP contribution in [0.25, 0.3) is 33.8 Å². The maximum Gasteiger partial charge on any atom is 0.434 e. The van der Waals surface area contributed by atoms with E-state index in [0.29, 0.717) is 28.9 Å². The van der Waals surface area contributed by atoms with Crippen molar-refractivity contribution in [3.63, 3.8) is 0 Å². The molecule has 41 heavy (non-hydrogen) atoms. The average Bonchev–Trinajstić information content (AvgIpc) is 3.38. The molecule has 3 heterocycles. The van der Waals surface area contributed by atoms with E-state index in [2.05, 4.69) is 10.1 Å². The molecule has 5 rings (SSSR count). The largest absolute Gasteiger partial charge is 0.434 e. The van der Waals surface area contributed by atoms with Crippen molar-refractivity contribution >= 4 is 11.9 Å². The zero-order valence-corrected chi connectivity index (χ0v) is 21.8. The summed E-state index contributed by atoms with van der Waals surface area (Å²) < 4.78 is 79.9. The van der Waals surface area contributed by atoms with Gasteiger partial charge in [-0.3, -0.25) is 9.69 Å².